The van der Waals surface area contributed by atoms with Gasteiger partial charge in [0.05, 0.1) is 10.5 Å². The van der Waals surface area contributed by atoms with Gasteiger partial charge in [0, 0.05) is 38.1 Å². The van der Waals surface area contributed by atoms with Gasteiger partial charge in [0.15, 0.2) is 0 Å². The van der Waals surface area contributed by atoms with Crippen molar-refractivity contribution in [1.82, 2.24) is 19.5 Å². The molecule has 3 aromatic rings. The molecule has 0 saturated carbocycles. The molecule has 1 aliphatic heterocycles. The Kier molecular flexibility index (Phi) is 9.59. The number of aromatic carboxylic acids is 1. The average molecular weight is 634 g/mol. The van der Waals surface area contributed by atoms with Crippen LogP contribution < -0.4 is 10.6 Å². The van der Waals surface area contributed by atoms with Crippen LogP contribution in [-0.4, -0.2) is 71.3 Å². The van der Waals surface area contributed by atoms with Crippen LogP contribution in [-0.2, 0) is 27.5 Å². The number of hydrogen-bond donors (Lipinski definition) is 3. The average Bonchev–Trinajstić information content (AvgIpc) is 2.99. The van der Waals surface area contributed by atoms with E-state index in [1.165, 1.54) is 17.2 Å². The van der Waals surface area contributed by atoms with Gasteiger partial charge in [-0.1, -0.05) is 38.1 Å². The Morgan fingerprint density at radius 1 is 1.02 bits per heavy atom. The molecule has 234 valence electrons. The maximum Gasteiger partial charge on any atom is 0.416 e. The van der Waals surface area contributed by atoms with Crippen molar-refractivity contribution in [3.63, 3.8) is 0 Å². The Hall–Kier alpha value is -4.50. The second-order valence-corrected chi connectivity index (χ2v) is 12.3. The van der Waals surface area contributed by atoms with Gasteiger partial charge in [0.2, 0.25) is 15.9 Å². The Balaban J connectivity index is 1.57. The second-order valence-electron chi connectivity index (χ2n) is 10.4. The molecule has 1 atom stereocenters. The molecule has 0 spiro atoms. The lowest BCUT2D eigenvalue weighted by atomic mass is 10.0. The number of amides is 3. The highest BCUT2D eigenvalue weighted by atomic mass is 32.2. The molecule has 2 aromatic carbocycles. The standard InChI is InChI=1S/C29H30F3N5O6S/c1-18(2)20-5-3-19(4-6-20)16-34-26(38)25-17-36(28(41)35-22-11-12-33-24(15-22)27(39)40)13-14-37(25)44(42,43)23-9-7-21(8-10-23)29(30,31)32/h3-12,15,18,25H,13-14,16-17H2,1-2H3,(H,34,38)(H,39,40)(H,33,35,41). The summed E-state index contributed by atoms with van der Waals surface area (Å²) in [5.41, 5.74) is 0.615. The number of piperazine rings is 1. The SMILES string of the molecule is CC(C)c1ccc(CNC(=O)C2CN(C(=O)Nc3ccnc(C(=O)O)c3)CCN2S(=O)(=O)c2ccc(C(F)(F)F)cc2)cc1. The highest BCUT2D eigenvalue weighted by Gasteiger charge is 2.42. The van der Waals surface area contributed by atoms with Gasteiger partial charge in [-0.2, -0.15) is 17.5 Å². The van der Waals surface area contributed by atoms with Crippen LogP contribution in [0.5, 0.6) is 0 Å². The summed E-state index contributed by atoms with van der Waals surface area (Å²) in [6, 6.07) is 10.8. The molecule has 1 aromatic heterocycles. The molecule has 44 heavy (non-hydrogen) atoms. The molecule has 1 saturated heterocycles. The maximum absolute atomic E-state index is 13.6. The first-order valence-corrected chi connectivity index (χ1v) is 14.9. The minimum absolute atomic E-state index is 0.0586. The number of carbonyl (C=O) groups excluding carboxylic acids is 2. The number of pyridine rings is 1. The zero-order valence-electron chi connectivity index (χ0n) is 23.7. The van der Waals surface area contributed by atoms with Crippen LogP contribution in [0.25, 0.3) is 0 Å². The zero-order chi connectivity index (χ0) is 32.2. The number of carbonyl (C=O) groups is 3. The Bertz CT molecular complexity index is 1630. The number of anilines is 1. The van der Waals surface area contributed by atoms with Crippen LogP contribution in [0.2, 0.25) is 0 Å². The molecular weight excluding hydrogens is 603 g/mol. The number of urea groups is 1. The normalized spacial score (nSPS) is 16.0. The maximum atomic E-state index is 13.6. The van der Waals surface area contributed by atoms with Crippen molar-refractivity contribution in [3.05, 3.63) is 89.2 Å². The number of hydrogen-bond acceptors (Lipinski definition) is 6. The fourth-order valence-corrected chi connectivity index (χ4v) is 6.13. The van der Waals surface area contributed by atoms with E-state index in [1.54, 1.807) is 0 Å². The second kappa shape index (κ2) is 13.0. The third kappa shape index (κ3) is 7.52. The van der Waals surface area contributed by atoms with Crippen LogP contribution in [0, 0.1) is 0 Å². The van der Waals surface area contributed by atoms with Crippen molar-refractivity contribution in [2.75, 3.05) is 25.0 Å². The van der Waals surface area contributed by atoms with E-state index in [0.717, 1.165) is 33.6 Å². The molecule has 1 aliphatic rings. The number of sulfonamides is 1. The number of halogens is 3. The topological polar surface area (TPSA) is 149 Å². The van der Waals surface area contributed by atoms with Crippen LogP contribution >= 0.6 is 0 Å². The molecule has 4 rings (SSSR count). The number of nitrogens with zero attached hydrogens (tertiary/aromatic N) is 3. The lowest BCUT2D eigenvalue weighted by Gasteiger charge is -2.39. The molecule has 1 fully saturated rings. The summed E-state index contributed by atoms with van der Waals surface area (Å²) in [4.78, 5) is 42.2. The number of aromatic nitrogens is 1. The molecule has 2 heterocycles. The van der Waals surface area contributed by atoms with Crippen molar-refractivity contribution < 1.29 is 41.1 Å². The van der Waals surface area contributed by atoms with E-state index < -0.39 is 50.6 Å². The highest BCUT2D eigenvalue weighted by molar-refractivity contribution is 7.89. The van der Waals surface area contributed by atoms with Crippen LogP contribution in [0.3, 0.4) is 0 Å². The largest absolute Gasteiger partial charge is 0.477 e. The van der Waals surface area contributed by atoms with E-state index in [-0.39, 0.29) is 37.6 Å². The third-order valence-corrected chi connectivity index (χ3v) is 8.98. The van der Waals surface area contributed by atoms with E-state index in [2.05, 4.69) is 15.6 Å². The quantitative estimate of drug-likeness (QED) is 0.338. The number of nitrogens with one attached hydrogen (secondary N) is 2. The van der Waals surface area contributed by atoms with Gasteiger partial charge in [0.1, 0.15) is 11.7 Å². The Morgan fingerprint density at radius 3 is 2.27 bits per heavy atom. The summed E-state index contributed by atoms with van der Waals surface area (Å²) in [5, 5.41) is 14.4. The molecule has 0 bridgehead atoms. The summed E-state index contributed by atoms with van der Waals surface area (Å²) in [6.07, 6.45) is -3.48. The molecule has 15 heteroatoms. The van der Waals surface area contributed by atoms with E-state index in [9.17, 15) is 36.0 Å². The summed E-state index contributed by atoms with van der Waals surface area (Å²) in [6.45, 7) is 3.24. The number of alkyl halides is 3. The van der Waals surface area contributed by atoms with Gasteiger partial charge in [-0.25, -0.2) is 23.0 Å². The minimum Gasteiger partial charge on any atom is -0.477 e. The number of rotatable bonds is 8. The van der Waals surface area contributed by atoms with Gasteiger partial charge >= 0.3 is 18.2 Å². The number of benzene rings is 2. The summed E-state index contributed by atoms with van der Waals surface area (Å²) in [5.74, 6) is -1.73. The fourth-order valence-electron chi connectivity index (χ4n) is 4.56. The van der Waals surface area contributed by atoms with E-state index in [0.29, 0.717) is 18.1 Å². The van der Waals surface area contributed by atoms with Crippen molar-refractivity contribution in [2.24, 2.45) is 0 Å². The molecule has 11 nitrogen and oxygen atoms in total. The predicted octanol–water partition coefficient (Wildman–Crippen LogP) is 4.15. The van der Waals surface area contributed by atoms with E-state index in [1.807, 2.05) is 38.1 Å². The summed E-state index contributed by atoms with van der Waals surface area (Å²) >= 11 is 0. The number of carboxylic acid groups (broad SMARTS) is 1. The van der Waals surface area contributed by atoms with Crippen LogP contribution in [0.1, 0.15) is 46.9 Å². The van der Waals surface area contributed by atoms with Crippen molar-refractivity contribution in [3.8, 4) is 0 Å². The zero-order valence-corrected chi connectivity index (χ0v) is 24.5. The molecule has 0 radical (unpaired) electrons. The molecule has 3 amide bonds. The number of carboxylic acids is 1. The lowest BCUT2D eigenvalue weighted by molar-refractivity contribution is -0.137. The molecule has 1 unspecified atom stereocenters. The van der Waals surface area contributed by atoms with Crippen molar-refractivity contribution >= 4 is 33.6 Å². The van der Waals surface area contributed by atoms with Gasteiger partial charge < -0.3 is 20.6 Å². The Morgan fingerprint density at radius 2 is 1.68 bits per heavy atom. The molecule has 0 aliphatic carbocycles. The molecular formula is C29H30F3N5O6S. The fraction of sp³-hybridized carbons (Fsp3) is 0.310. The first kappa shape index (κ1) is 32.4. The predicted molar refractivity (Wildman–Crippen MR) is 153 cm³/mol. The van der Waals surface area contributed by atoms with Gasteiger partial charge in [0.25, 0.3) is 0 Å². The Labute approximate surface area is 251 Å². The van der Waals surface area contributed by atoms with Crippen molar-refractivity contribution in [2.45, 2.75) is 43.4 Å². The van der Waals surface area contributed by atoms with E-state index >= 15 is 0 Å². The smallest absolute Gasteiger partial charge is 0.416 e. The van der Waals surface area contributed by atoms with Crippen LogP contribution in [0.15, 0.2) is 71.8 Å². The minimum atomic E-state index is -4.67. The summed E-state index contributed by atoms with van der Waals surface area (Å²) in [7, 11) is -4.47. The lowest BCUT2D eigenvalue weighted by Crippen LogP contribution is -2.61. The van der Waals surface area contributed by atoms with Gasteiger partial charge in [-0.3, -0.25) is 4.79 Å². The molecule has 3 N–H and O–H groups in total. The van der Waals surface area contributed by atoms with E-state index in [4.69, 9.17) is 5.11 Å². The van der Waals surface area contributed by atoms with Gasteiger partial charge in [-0.05, 0) is 53.4 Å². The van der Waals surface area contributed by atoms with Crippen molar-refractivity contribution in [1.29, 1.82) is 0 Å². The summed E-state index contributed by atoms with van der Waals surface area (Å²) < 4.78 is 67.3. The first-order chi connectivity index (χ1) is 20.7. The van der Waals surface area contributed by atoms with Crippen LogP contribution in [0.4, 0.5) is 23.7 Å². The monoisotopic (exact) mass is 633 g/mol. The first-order valence-electron chi connectivity index (χ1n) is 13.5. The van der Waals surface area contributed by atoms with Gasteiger partial charge in [-0.15, -0.1) is 0 Å². The third-order valence-electron chi connectivity index (χ3n) is 7.05. The highest BCUT2D eigenvalue weighted by Crippen LogP contribution is 2.31.